The van der Waals surface area contributed by atoms with Crippen molar-refractivity contribution in [2.24, 2.45) is 0 Å². The Kier molecular flexibility index (Phi) is 8.96. The van der Waals surface area contributed by atoms with E-state index < -0.39 is 4.92 Å². The summed E-state index contributed by atoms with van der Waals surface area (Å²) in [6.07, 6.45) is 2.79. The molecule has 1 rings (SSSR count). The van der Waals surface area contributed by atoms with Crippen LogP contribution >= 0.6 is 0 Å². The second-order valence-electron chi connectivity index (χ2n) is 5.31. The smallest absolute Gasteiger partial charge is 0.294 e. The van der Waals surface area contributed by atoms with Crippen LogP contribution in [0.3, 0.4) is 0 Å². The molecule has 0 heterocycles. The van der Waals surface area contributed by atoms with E-state index in [0.29, 0.717) is 31.0 Å². The van der Waals surface area contributed by atoms with Crippen LogP contribution in [-0.4, -0.2) is 59.4 Å². The molecule has 23 heavy (non-hydrogen) atoms. The molecule has 0 amide bonds. The van der Waals surface area contributed by atoms with E-state index in [0.717, 1.165) is 25.8 Å². The molecule has 1 aromatic carbocycles. The highest BCUT2D eigenvalue weighted by Gasteiger charge is 2.13. The quantitative estimate of drug-likeness (QED) is 0.196. The molecule has 0 atom stereocenters. The van der Waals surface area contributed by atoms with Gasteiger partial charge in [-0.25, -0.2) is 0 Å². The summed E-state index contributed by atoms with van der Waals surface area (Å²) in [6, 6.07) is 4.61. The topological polar surface area (TPSA) is 125 Å². The van der Waals surface area contributed by atoms with Crippen LogP contribution in [-0.2, 0) is 0 Å². The number of hydrogen-bond donors (Lipinski definition) is 4. The number of benzene rings is 1. The van der Waals surface area contributed by atoms with E-state index in [1.54, 1.807) is 12.1 Å². The molecule has 130 valence electrons. The molecule has 0 aliphatic carbocycles. The Bertz CT molecular complexity index is 479. The normalized spacial score (nSPS) is 10.9. The van der Waals surface area contributed by atoms with E-state index in [2.05, 4.69) is 5.32 Å². The predicted octanol–water partition coefficient (Wildman–Crippen LogP) is 1.05. The number of nitrogens with zero attached hydrogens (tertiary/aromatic N) is 2. The molecule has 0 spiro atoms. The minimum absolute atomic E-state index is 0.0120. The van der Waals surface area contributed by atoms with Gasteiger partial charge in [0.2, 0.25) is 0 Å². The van der Waals surface area contributed by atoms with E-state index in [1.807, 2.05) is 4.90 Å². The minimum Gasteiger partial charge on any atom is -0.399 e. The summed E-state index contributed by atoms with van der Waals surface area (Å²) in [7, 11) is 0. The number of nitro groups is 1. The number of aliphatic hydroxyl groups excluding tert-OH is 2. The maximum atomic E-state index is 11.0. The summed E-state index contributed by atoms with van der Waals surface area (Å²) < 4.78 is 0. The number of nitrogens with one attached hydrogen (secondary N) is 1. The summed E-state index contributed by atoms with van der Waals surface area (Å²) >= 11 is 0. The molecule has 0 fully saturated rings. The minimum atomic E-state index is -0.444. The largest absolute Gasteiger partial charge is 0.399 e. The van der Waals surface area contributed by atoms with Crippen molar-refractivity contribution in [2.45, 2.75) is 19.3 Å². The molecule has 0 aliphatic heterocycles. The maximum absolute atomic E-state index is 11.0. The second-order valence-corrected chi connectivity index (χ2v) is 5.31. The molecule has 0 aromatic heterocycles. The van der Waals surface area contributed by atoms with Crippen LogP contribution in [0.1, 0.15) is 19.3 Å². The Morgan fingerprint density at radius 3 is 2.43 bits per heavy atom. The predicted molar refractivity (Wildman–Crippen MR) is 90.5 cm³/mol. The molecule has 8 nitrogen and oxygen atoms in total. The molecule has 0 saturated carbocycles. The monoisotopic (exact) mass is 326 g/mol. The standard InChI is InChI=1S/C15H26N4O4/c16-13-4-5-14(15(12-13)19(22)23)17-6-2-1-3-7-18(8-10-20)9-11-21/h4-5,12,17,20-21H,1-3,6-11,16H2. The Balaban J connectivity index is 2.29. The molecule has 0 saturated heterocycles. The Labute approximate surface area is 136 Å². The SMILES string of the molecule is Nc1ccc(NCCCCCN(CCO)CCO)c([N+](=O)[O-])c1. The number of hydrogen-bond acceptors (Lipinski definition) is 7. The first-order valence-corrected chi connectivity index (χ1v) is 7.80. The van der Waals surface area contributed by atoms with E-state index in [-0.39, 0.29) is 18.9 Å². The lowest BCUT2D eigenvalue weighted by Crippen LogP contribution is -2.30. The Morgan fingerprint density at radius 1 is 1.13 bits per heavy atom. The Hall–Kier alpha value is -1.90. The first-order chi connectivity index (χ1) is 11.1. The van der Waals surface area contributed by atoms with Crippen LogP contribution in [0.15, 0.2) is 18.2 Å². The van der Waals surface area contributed by atoms with Gasteiger partial charge in [-0.05, 0) is 31.5 Å². The van der Waals surface area contributed by atoms with E-state index in [9.17, 15) is 10.1 Å². The second kappa shape index (κ2) is 10.8. The van der Waals surface area contributed by atoms with E-state index >= 15 is 0 Å². The number of rotatable bonds is 12. The molecule has 0 unspecified atom stereocenters. The molecule has 0 bridgehead atoms. The highest BCUT2D eigenvalue weighted by atomic mass is 16.6. The van der Waals surface area contributed by atoms with Crippen molar-refractivity contribution in [2.75, 3.05) is 50.4 Å². The summed E-state index contributed by atoms with van der Waals surface area (Å²) in [5.74, 6) is 0. The van der Waals surface area contributed by atoms with Crippen LogP contribution in [0.5, 0.6) is 0 Å². The number of nitrogen functional groups attached to an aromatic ring is 1. The fourth-order valence-corrected chi connectivity index (χ4v) is 2.33. The average molecular weight is 326 g/mol. The lowest BCUT2D eigenvalue weighted by atomic mass is 10.2. The number of nitrogens with two attached hydrogens (primary N) is 1. The Morgan fingerprint density at radius 2 is 1.83 bits per heavy atom. The van der Waals surface area contributed by atoms with Crippen molar-refractivity contribution in [1.29, 1.82) is 0 Å². The number of anilines is 2. The average Bonchev–Trinajstić information content (AvgIpc) is 2.52. The van der Waals surface area contributed by atoms with Gasteiger partial charge in [-0.2, -0.15) is 0 Å². The van der Waals surface area contributed by atoms with Gasteiger partial charge in [0.15, 0.2) is 0 Å². The van der Waals surface area contributed by atoms with Gasteiger partial charge in [0.1, 0.15) is 5.69 Å². The zero-order valence-corrected chi connectivity index (χ0v) is 13.3. The lowest BCUT2D eigenvalue weighted by Gasteiger charge is -2.19. The van der Waals surface area contributed by atoms with Crippen molar-refractivity contribution in [3.8, 4) is 0 Å². The lowest BCUT2D eigenvalue weighted by molar-refractivity contribution is -0.383. The summed E-state index contributed by atoms with van der Waals surface area (Å²) in [6.45, 7) is 2.77. The zero-order chi connectivity index (χ0) is 17.1. The van der Waals surface area contributed by atoms with Gasteiger partial charge < -0.3 is 21.3 Å². The van der Waals surface area contributed by atoms with Gasteiger partial charge in [-0.15, -0.1) is 0 Å². The van der Waals surface area contributed by atoms with Crippen molar-refractivity contribution in [3.63, 3.8) is 0 Å². The van der Waals surface area contributed by atoms with Crippen LogP contribution in [0.25, 0.3) is 0 Å². The number of nitro benzene ring substituents is 1. The third kappa shape index (κ3) is 7.27. The first-order valence-electron chi connectivity index (χ1n) is 7.80. The molecule has 0 radical (unpaired) electrons. The van der Waals surface area contributed by atoms with Crippen molar-refractivity contribution in [1.82, 2.24) is 4.90 Å². The van der Waals surface area contributed by atoms with Gasteiger partial charge in [0, 0.05) is 31.4 Å². The summed E-state index contributed by atoms with van der Waals surface area (Å²) in [5, 5.41) is 31.9. The molecule has 8 heteroatoms. The molecular weight excluding hydrogens is 300 g/mol. The molecule has 5 N–H and O–H groups in total. The highest BCUT2D eigenvalue weighted by molar-refractivity contribution is 5.66. The fourth-order valence-electron chi connectivity index (χ4n) is 2.33. The van der Waals surface area contributed by atoms with Crippen LogP contribution in [0, 0.1) is 10.1 Å². The number of unbranched alkanes of at least 4 members (excludes halogenated alkanes) is 2. The van der Waals surface area contributed by atoms with Crippen molar-refractivity contribution in [3.05, 3.63) is 28.3 Å². The van der Waals surface area contributed by atoms with Gasteiger partial charge in [0.05, 0.1) is 18.1 Å². The van der Waals surface area contributed by atoms with Gasteiger partial charge >= 0.3 is 0 Å². The summed E-state index contributed by atoms with van der Waals surface area (Å²) in [4.78, 5) is 12.5. The third-order valence-corrected chi connectivity index (χ3v) is 3.52. The number of aliphatic hydroxyl groups is 2. The molecule has 1 aromatic rings. The van der Waals surface area contributed by atoms with Gasteiger partial charge in [0.25, 0.3) is 5.69 Å². The maximum Gasteiger partial charge on any atom is 0.294 e. The van der Waals surface area contributed by atoms with Crippen molar-refractivity contribution >= 4 is 17.1 Å². The third-order valence-electron chi connectivity index (χ3n) is 3.52. The molecular formula is C15H26N4O4. The highest BCUT2D eigenvalue weighted by Crippen LogP contribution is 2.26. The van der Waals surface area contributed by atoms with Crippen LogP contribution in [0.4, 0.5) is 17.1 Å². The fraction of sp³-hybridized carbons (Fsp3) is 0.600. The van der Waals surface area contributed by atoms with E-state index in [4.69, 9.17) is 15.9 Å². The van der Waals surface area contributed by atoms with E-state index in [1.165, 1.54) is 6.07 Å². The zero-order valence-electron chi connectivity index (χ0n) is 13.3. The van der Waals surface area contributed by atoms with Crippen molar-refractivity contribution < 1.29 is 15.1 Å². The van der Waals surface area contributed by atoms with Gasteiger partial charge in [-0.3, -0.25) is 15.0 Å². The first kappa shape index (κ1) is 19.1. The summed E-state index contributed by atoms with van der Waals surface area (Å²) in [5.41, 5.74) is 6.40. The van der Waals surface area contributed by atoms with Crippen LogP contribution < -0.4 is 11.1 Å². The van der Waals surface area contributed by atoms with Crippen LogP contribution in [0.2, 0.25) is 0 Å². The van der Waals surface area contributed by atoms with Gasteiger partial charge in [-0.1, -0.05) is 6.42 Å². The molecule has 0 aliphatic rings.